The highest BCUT2D eigenvalue weighted by molar-refractivity contribution is 9.10. The molecule has 7 heteroatoms. The molecule has 0 saturated heterocycles. The molecule has 1 aromatic carbocycles. The smallest absolute Gasteiger partial charge is 0.293 e. The van der Waals surface area contributed by atoms with Gasteiger partial charge in [-0.05, 0) is 12.1 Å². The van der Waals surface area contributed by atoms with Gasteiger partial charge in [0.25, 0.3) is 5.69 Å². The zero-order valence-electron chi connectivity index (χ0n) is 6.36. The summed E-state index contributed by atoms with van der Waals surface area (Å²) < 4.78 is 0.737. The van der Waals surface area contributed by atoms with Gasteiger partial charge in [-0.25, -0.2) is 0 Å². The molecule has 0 bridgehead atoms. The summed E-state index contributed by atoms with van der Waals surface area (Å²) in [5, 5.41) is 10.4. The van der Waals surface area contributed by atoms with Crippen LogP contribution in [0.4, 0.5) is 11.4 Å². The minimum atomic E-state index is -0.498. The maximum absolute atomic E-state index is 10.4. The molecule has 1 rings (SSSR count). The zero-order valence-corrected chi connectivity index (χ0v) is 8.76. The molecule has 13 heavy (non-hydrogen) atoms. The van der Waals surface area contributed by atoms with Crippen LogP contribution in [-0.4, -0.2) is 4.92 Å². The second kappa shape index (κ2) is 5.00. The molecule has 0 spiro atoms. The average molecular weight is 268 g/mol. The number of hydrogen-bond donors (Lipinski definition) is 2. The van der Waals surface area contributed by atoms with E-state index in [9.17, 15) is 10.1 Å². The average Bonchev–Trinajstić information content (AvgIpc) is 2.03. The Balaban J connectivity index is 0.00000144. The number of hydrogen-bond acceptors (Lipinski definition) is 4. The van der Waals surface area contributed by atoms with Crippen LogP contribution in [0.3, 0.4) is 0 Å². The number of hydrazine groups is 1. The minimum Gasteiger partial charge on any atom is -0.318 e. The molecule has 0 atom stereocenters. The number of nitrogens with two attached hydrogens (primary N) is 1. The molecule has 0 fully saturated rings. The summed E-state index contributed by atoms with van der Waals surface area (Å²) in [5.74, 6) is 5.08. The number of benzene rings is 1. The predicted octanol–water partition coefficient (Wildman–Crippen LogP) is 2.06. The Hall–Kier alpha value is -0.850. The molecule has 0 aliphatic carbocycles. The first-order chi connectivity index (χ1) is 5.65. The molecular weight excluding hydrogens is 261 g/mol. The molecule has 0 aliphatic heterocycles. The lowest BCUT2D eigenvalue weighted by molar-refractivity contribution is -0.384. The molecule has 0 radical (unpaired) electrons. The summed E-state index contributed by atoms with van der Waals surface area (Å²) in [4.78, 5) is 9.89. The third-order valence-corrected chi connectivity index (χ3v) is 1.80. The number of nitrogen functional groups attached to an aromatic ring is 1. The maximum atomic E-state index is 10.4. The van der Waals surface area contributed by atoms with Crippen molar-refractivity contribution >= 4 is 39.7 Å². The Labute approximate surface area is 89.0 Å². The van der Waals surface area contributed by atoms with E-state index < -0.39 is 4.92 Å². The van der Waals surface area contributed by atoms with E-state index in [4.69, 9.17) is 5.84 Å². The Morgan fingerprint density at radius 3 is 2.62 bits per heavy atom. The molecule has 0 saturated carbocycles. The van der Waals surface area contributed by atoms with Gasteiger partial charge in [0.2, 0.25) is 0 Å². The van der Waals surface area contributed by atoms with Gasteiger partial charge in [-0.3, -0.25) is 16.0 Å². The van der Waals surface area contributed by atoms with Gasteiger partial charge in [-0.15, -0.1) is 12.4 Å². The highest BCUT2D eigenvalue weighted by Gasteiger charge is 2.11. The Morgan fingerprint density at radius 1 is 1.54 bits per heavy atom. The monoisotopic (exact) mass is 267 g/mol. The number of nitrogens with zero attached hydrogens (tertiary/aromatic N) is 1. The number of nitro groups is 1. The van der Waals surface area contributed by atoms with Crippen molar-refractivity contribution in [3.05, 3.63) is 32.8 Å². The largest absolute Gasteiger partial charge is 0.318 e. The SMILES string of the molecule is Cl.NNc1cc(Br)ccc1[N+](=O)[O-]. The third kappa shape index (κ3) is 2.83. The first-order valence-electron chi connectivity index (χ1n) is 3.05. The van der Waals surface area contributed by atoms with E-state index in [-0.39, 0.29) is 23.8 Å². The van der Waals surface area contributed by atoms with Crippen molar-refractivity contribution in [2.75, 3.05) is 5.43 Å². The van der Waals surface area contributed by atoms with Gasteiger partial charge in [0, 0.05) is 10.5 Å². The lowest BCUT2D eigenvalue weighted by Gasteiger charge is -2.00. The van der Waals surface area contributed by atoms with Crippen LogP contribution >= 0.6 is 28.3 Å². The highest BCUT2D eigenvalue weighted by atomic mass is 79.9. The van der Waals surface area contributed by atoms with Crippen molar-refractivity contribution in [2.24, 2.45) is 5.84 Å². The molecule has 0 aliphatic rings. The van der Waals surface area contributed by atoms with Crippen LogP contribution in [0.15, 0.2) is 22.7 Å². The predicted molar refractivity (Wildman–Crippen MR) is 55.9 cm³/mol. The van der Waals surface area contributed by atoms with E-state index in [1.165, 1.54) is 12.1 Å². The summed E-state index contributed by atoms with van der Waals surface area (Å²) in [6.07, 6.45) is 0. The number of anilines is 1. The fourth-order valence-electron chi connectivity index (χ4n) is 0.783. The summed E-state index contributed by atoms with van der Waals surface area (Å²) in [5.41, 5.74) is 2.49. The minimum absolute atomic E-state index is 0. The lowest BCUT2D eigenvalue weighted by atomic mass is 10.3. The van der Waals surface area contributed by atoms with Crippen LogP contribution in [0.1, 0.15) is 0 Å². The third-order valence-electron chi connectivity index (χ3n) is 1.31. The molecule has 1 aromatic rings. The maximum Gasteiger partial charge on any atom is 0.293 e. The van der Waals surface area contributed by atoms with Crippen LogP contribution in [0.2, 0.25) is 0 Å². The fraction of sp³-hybridized carbons (Fsp3) is 0. The quantitative estimate of drug-likeness (QED) is 0.489. The van der Waals surface area contributed by atoms with Gasteiger partial charge in [0.05, 0.1) is 4.92 Å². The first-order valence-corrected chi connectivity index (χ1v) is 3.85. The topological polar surface area (TPSA) is 81.2 Å². The van der Waals surface area contributed by atoms with Gasteiger partial charge in [0.15, 0.2) is 0 Å². The lowest BCUT2D eigenvalue weighted by Crippen LogP contribution is -2.08. The summed E-state index contributed by atoms with van der Waals surface area (Å²) in [6.45, 7) is 0. The van der Waals surface area contributed by atoms with Crippen molar-refractivity contribution in [3.8, 4) is 0 Å². The van der Waals surface area contributed by atoms with Crippen LogP contribution < -0.4 is 11.3 Å². The fourth-order valence-corrected chi connectivity index (χ4v) is 1.14. The van der Waals surface area contributed by atoms with Crippen molar-refractivity contribution < 1.29 is 4.92 Å². The number of nitrogens with one attached hydrogen (secondary N) is 1. The number of halogens is 2. The van der Waals surface area contributed by atoms with E-state index in [1.54, 1.807) is 6.07 Å². The van der Waals surface area contributed by atoms with Crippen molar-refractivity contribution in [2.45, 2.75) is 0 Å². The van der Waals surface area contributed by atoms with Crippen molar-refractivity contribution in [1.29, 1.82) is 0 Å². The van der Waals surface area contributed by atoms with Crippen LogP contribution in [0, 0.1) is 10.1 Å². The Bertz CT molecular complexity index is 321. The first kappa shape index (κ1) is 12.2. The second-order valence-electron chi connectivity index (χ2n) is 2.06. The van der Waals surface area contributed by atoms with Gasteiger partial charge in [-0.2, -0.15) is 0 Å². The van der Waals surface area contributed by atoms with Crippen molar-refractivity contribution in [3.63, 3.8) is 0 Å². The molecule has 3 N–H and O–H groups in total. The van der Waals surface area contributed by atoms with E-state index in [0.717, 1.165) is 4.47 Å². The molecule has 5 nitrogen and oxygen atoms in total. The number of nitro benzene ring substituents is 1. The van der Waals surface area contributed by atoms with Gasteiger partial charge < -0.3 is 5.43 Å². The Kier molecular flexibility index (Phi) is 4.68. The molecular formula is C6H7BrClN3O2. The molecule has 0 unspecified atom stereocenters. The van der Waals surface area contributed by atoms with E-state index in [0.29, 0.717) is 0 Å². The zero-order chi connectivity index (χ0) is 9.14. The number of rotatable bonds is 2. The molecule has 0 aromatic heterocycles. The van der Waals surface area contributed by atoms with E-state index in [1.807, 2.05) is 0 Å². The van der Waals surface area contributed by atoms with Crippen molar-refractivity contribution in [1.82, 2.24) is 0 Å². The van der Waals surface area contributed by atoms with Crippen LogP contribution in [0.25, 0.3) is 0 Å². The van der Waals surface area contributed by atoms with Gasteiger partial charge in [-0.1, -0.05) is 15.9 Å². The normalized spacial score (nSPS) is 8.77. The van der Waals surface area contributed by atoms with Gasteiger partial charge >= 0.3 is 0 Å². The van der Waals surface area contributed by atoms with Crippen LogP contribution in [0.5, 0.6) is 0 Å². The molecule has 72 valence electrons. The van der Waals surface area contributed by atoms with Crippen LogP contribution in [-0.2, 0) is 0 Å². The summed E-state index contributed by atoms with van der Waals surface area (Å²) in [7, 11) is 0. The molecule has 0 heterocycles. The summed E-state index contributed by atoms with van der Waals surface area (Å²) >= 11 is 3.17. The highest BCUT2D eigenvalue weighted by Crippen LogP contribution is 2.26. The standard InChI is InChI=1S/C6H6BrN3O2.ClH/c7-4-1-2-6(10(11)12)5(3-4)9-8;/h1-3,9H,8H2;1H. The van der Waals surface area contributed by atoms with E-state index >= 15 is 0 Å². The van der Waals surface area contributed by atoms with Gasteiger partial charge in [0.1, 0.15) is 5.69 Å². The summed E-state index contributed by atoms with van der Waals surface area (Å²) in [6, 6.07) is 4.50. The Morgan fingerprint density at radius 2 is 2.15 bits per heavy atom. The second-order valence-corrected chi connectivity index (χ2v) is 2.98. The molecule has 0 amide bonds. The van der Waals surface area contributed by atoms with E-state index in [2.05, 4.69) is 21.4 Å².